The normalized spacial score (nSPS) is 12.3. The second-order valence-electron chi connectivity index (χ2n) is 8.67. The van der Waals surface area contributed by atoms with Crippen molar-refractivity contribution in [2.75, 3.05) is 22.9 Å². The quantitative estimate of drug-likeness (QED) is 0.152. The number of halogens is 6. The molecule has 0 aliphatic carbocycles. The van der Waals surface area contributed by atoms with Crippen LogP contribution < -0.4 is 32.4 Å². The van der Waals surface area contributed by atoms with Gasteiger partial charge >= 0.3 is 12.4 Å². The highest BCUT2D eigenvalue weighted by molar-refractivity contribution is 5.58. The summed E-state index contributed by atoms with van der Waals surface area (Å²) in [7, 11) is 0. The van der Waals surface area contributed by atoms with E-state index in [1.165, 1.54) is 36.4 Å². The first-order chi connectivity index (χ1) is 18.2. The van der Waals surface area contributed by atoms with E-state index in [4.69, 9.17) is 32.4 Å². The first-order valence-electron chi connectivity index (χ1n) is 11.2. The summed E-state index contributed by atoms with van der Waals surface area (Å²) in [5.74, 6) is 0.283. The van der Waals surface area contributed by atoms with E-state index >= 15 is 0 Å². The average Bonchev–Trinajstić information content (AvgIpc) is 2.78. The maximum Gasteiger partial charge on any atom is 0.411 e. The number of anilines is 4. The van der Waals surface area contributed by atoms with Crippen molar-refractivity contribution in [2.24, 2.45) is 0 Å². The standard InChI is InChI=1S/C27H22F6N4O2/c28-26(29,30)25(27(31,32)33,15-1-5-21(6-2-15)38-23-11-17(34)9-18(35)12-23)16-3-7-22(8-4-16)39-24-13-19(36)10-20(37)14-24/h1-14H,34-37H2. The SMILES string of the molecule is Nc1cc(N)cc(Oc2ccc(C(c3ccc(Oc4cc(N)cc(N)c4)cc3)(C(F)(F)F)C(F)(F)F)cc2)c1. The van der Waals surface area contributed by atoms with E-state index in [-0.39, 0.29) is 45.7 Å². The summed E-state index contributed by atoms with van der Waals surface area (Å²) in [5, 5.41) is 0. The summed E-state index contributed by atoms with van der Waals surface area (Å²) < 4.78 is 97.9. The molecule has 8 N–H and O–H groups in total. The van der Waals surface area contributed by atoms with Crippen molar-refractivity contribution in [3.63, 3.8) is 0 Å². The zero-order valence-corrected chi connectivity index (χ0v) is 20.0. The predicted octanol–water partition coefficient (Wildman–Crippen LogP) is 7.01. The number of ether oxygens (including phenoxy) is 2. The Balaban J connectivity index is 1.73. The topological polar surface area (TPSA) is 123 Å². The molecule has 0 amide bonds. The van der Waals surface area contributed by atoms with Gasteiger partial charge in [-0.2, -0.15) is 26.3 Å². The highest BCUT2D eigenvalue weighted by atomic mass is 19.4. The van der Waals surface area contributed by atoms with E-state index in [2.05, 4.69) is 0 Å². The van der Waals surface area contributed by atoms with Gasteiger partial charge in [-0.25, -0.2) is 0 Å². The minimum absolute atomic E-state index is 0.0212. The lowest BCUT2D eigenvalue weighted by molar-refractivity contribution is -0.288. The molecule has 12 heteroatoms. The fourth-order valence-electron chi connectivity index (χ4n) is 4.21. The van der Waals surface area contributed by atoms with Crippen LogP contribution in [0.25, 0.3) is 0 Å². The molecule has 0 aromatic heterocycles. The third kappa shape index (κ3) is 5.44. The van der Waals surface area contributed by atoms with Crippen molar-refractivity contribution in [1.82, 2.24) is 0 Å². The first kappa shape index (κ1) is 27.3. The van der Waals surface area contributed by atoms with Crippen molar-refractivity contribution < 1.29 is 35.8 Å². The predicted molar refractivity (Wildman–Crippen MR) is 136 cm³/mol. The molecule has 0 heterocycles. The zero-order chi connectivity index (χ0) is 28.6. The van der Waals surface area contributed by atoms with E-state index in [1.54, 1.807) is 0 Å². The van der Waals surface area contributed by atoms with E-state index < -0.39 is 28.9 Å². The third-order valence-corrected chi connectivity index (χ3v) is 5.80. The number of nitrogen functional groups attached to an aromatic ring is 4. The Morgan fingerprint density at radius 2 is 0.692 bits per heavy atom. The van der Waals surface area contributed by atoms with Crippen LogP contribution in [-0.4, -0.2) is 12.4 Å². The van der Waals surface area contributed by atoms with Crippen LogP contribution in [0.2, 0.25) is 0 Å². The number of hydrogen-bond donors (Lipinski definition) is 4. The van der Waals surface area contributed by atoms with Gasteiger partial charge < -0.3 is 32.4 Å². The van der Waals surface area contributed by atoms with Gasteiger partial charge in [0.1, 0.15) is 23.0 Å². The lowest BCUT2D eigenvalue weighted by atomic mass is 9.73. The van der Waals surface area contributed by atoms with E-state index in [1.807, 2.05) is 0 Å². The molecule has 0 unspecified atom stereocenters. The van der Waals surface area contributed by atoms with E-state index in [0.717, 1.165) is 24.3 Å². The highest BCUT2D eigenvalue weighted by Crippen LogP contribution is 2.56. The molecule has 0 atom stereocenters. The molecule has 0 aliphatic heterocycles. The fourth-order valence-corrected chi connectivity index (χ4v) is 4.21. The highest BCUT2D eigenvalue weighted by Gasteiger charge is 2.72. The summed E-state index contributed by atoms with van der Waals surface area (Å²) in [6.45, 7) is 0. The Hall–Kier alpha value is -4.74. The lowest BCUT2D eigenvalue weighted by Gasteiger charge is -2.38. The molecule has 0 bridgehead atoms. The smallest absolute Gasteiger partial charge is 0.411 e. The van der Waals surface area contributed by atoms with Crippen molar-refractivity contribution >= 4 is 22.7 Å². The molecule has 204 valence electrons. The number of nitrogens with two attached hydrogens (primary N) is 4. The Bertz CT molecular complexity index is 1320. The number of hydrogen-bond acceptors (Lipinski definition) is 6. The first-order valence-corrected chi connectivity index (χ1v) is 11.2. The van der Waals surface area contributed by atoms with Gasteiger partial charge in [-0.1, -0.05) is 24.3 Å². The minimum Gasteiger partial charge on any atom is -0.457 e. The fraction of sp³-hybridized carbons (Fsp3) is 0.111. The Morgan fingerprint density at radius 3 is 0.949 bits per heavy atom. The van der Waals surface area contributed by atoms with Gasteiger partial charge in [0.2, 0.25) is 5.41 Å². The van der Waals surface area contributed by atoms with E-state index in [9.17, 15) is 26.3 Å². The Morgan fingerprint density at radius 1 is 0.410 bits per heavy atom. The van der Waals surface area contributed by atoms with Crippen LogP contribution in [0.15, 0.2) is 84.9 Å². The van der Waals surface area contributed by atoms with Gasteiger partial charge in [-0.15, -0.1) is 0 Å². The van der Waals surface area contributed by atoms with Crippen LogP contribution in [0.5, 0.6) is 23.0 Å². The molecule has 0 saturated carbocycles. The molecule has 0 spiro atoms. The van der Waals surface area contributed by atoms with Crippen LogP contribution in [0.3, 0.4) is 0 Å². The molecule has 0 saturated heterocycles. The average molecular weight is 548 g/mol. The molecule has 4 rings (SSSR count). The van der Waals surface area contributed by atoms with Crippen molar-refractivity contribution in [3.8, 4) is 23.0 Å². The van der Waals surface area contributed by atoms with Gasteiger partial charge in [-0.05, 0) is 47.5 Å². The van der Waals surface area contributed by atoms with Gasteiger partial charge in [0.15, 0.2) is 0 Å². The van der Waals surface area contributed by atoms with Crippen molar-refractivity contribution in [3.05, 3.63) is 96.1 Å². The minimum atomic E-state index is -5.76. The second-order valence-corrected chi connectivity index (χ2v) is 8.67. The zero-order valence-electron chi connectivity index (χ0n) is 20.0. The molecule has 0 radical (unpaired) electrons. The van der Waals surface area contributed by atoms with E-state index in [0.29, 0.717) is 24.3 Å². The van der Waals surface area contributed by atoms with Gasteiger partial charge in [0.05, 0.1) is 0 Å². The summed E-state index contributed by atoms with van der Waals surface area (Å²) in [6, 6.07) is 15.4. The Kier molecular flexibility index (Phi) is 6.90. The monoisotopic (exact) mass is 548 g/mol. The maximum atomic E-state index is 14.5. The number of rotatable bonds is 6. The van der Waals surface area contributed by atoms with Crippen LogP contribution in [0, 0.1) is 0 Å². The number of benzene rings is 4. The van der Waals surface area contributed by atoms with Gasteiger partial charge in [-0.3, -0.25) is 0 Å². The summed E-state index contributed by atoms with van der Waals surface area (Å²) in [6.07, 6.45) is -11.5. The number of alkyl halides is 6. The van der Waals surface area contributed by atoms with Gasteiger partial charge in [0.25, 0.3) is 0 Å². The molecule has 0 aliphatic rings. The van der Waals surface area contributed by atoms with Crippen LogP contribution in [0.4, 0.5) is 49.1 Å². The summed E-state index contributed by atoms with van der Waals surface area (Å²) >= 11 is 0. The third-order valence-electron chi connectivity index (χ3n) is 5.80. The molecular weight excluding hydrogens is 526 g/mol. The Labute approximate surface area is 218 Å². The second kappa shape index (κ2) is 9.86. The molecular formula is C27H22F6N4O2. The molecule has 0 fully saturated rings. The summed E-state index contributed by atoms with van der Waals surface area (Å²) in [4.78, 5) is 0. The molecule has 6 nitrogen and oxygen atoms in total. The molecule has 4 aromatic carbocycles. The maximum absolute atomic E-state index is 14.5. The van der Waals surface area contributed by atoms with Crippen LogP contribution in [0.1, 0.15) is 11.1 Å². The van der Waals surface area contributed by atoms with Crippen LogP contribution >= 0.6 is 0 Å². The van der Waals surface area contributed by atoms with Crippen molar-refractivity contribution in [2.45, 2.75) is 17.8 Å². The van der Waals surface area contributed by atoms with Crippen molar-refractivity contribution in [1.29, 1.82) is 0 Å². The molecule has 4 aromatic rings. The molecule has 39 heavy (non-hydrogen) atoms. The largest absolute Gasteiger partial charge is 0.457 e. The van der Waals surface area contributed by atoms with Gasteiger partial charge in [0, 0.05) is 47.0 Å². The summed E-state index contributed by atoms with van der Waals surface area (Å²) in [5.41, 5.74) is 17.4. The lowest BCUT2D eigenvalue weighted by Crippen LogP contribution is -2.54. The van der Waals surface area contributed by atoms with Crippen LogP contribution in [-0.2, 0) is 5.41 Å².